The van der Waals surface area contributed by atoms with Crippen LogP contribution < -0.4 is 5.32 Å². The van der Waals surface area contributed by atoms with Crippen LogP contribution in [0.3, 0.4) is 0 Å². The molecule has 0 aliphatic heterocycles. The summed E-state index contributed by atoms with van der Waals surface area (Å²) in [4.78, 5) is 7.06. The number of pyridine rings is 1. The molecule has 0 saturated heterocycles. The fraction of sp³-hybridized carbons (Fsp3) is 0.417. The number of aliphatic hydroxyl groups is 2. The number of halogens is 1. The van der Waals surface area contributed by atoms with Crippen molar-refractivity contribution in [2.75, 3.05) is 13.6 Å². The molecule has 0 saturated carbocycles. The van der Waals surface area contributed by atoms with Crippen molar-refractivity contribution in [1.82, 2.24) is 15.3 Å². The molecule has 0 amide bonds. The average Bonchev–Trinajstić information content (AvgIpc) is 2.80. The van der Waals surface area contributed by atoms with Crippen molar-refractivity contribution >= 4 is 22.6 Å². The largest absolute Gasteiger partial charge is 0.390 e. The maximum Gasteiger partial charge on any atom is 0.139 e. The van der Waals surface area contributed by atoms with E-state index in [1.54, 1.807) is 25.5 Å². The molecular weight excluding hydrogens is 254 g/mol. The van der Waals surface area contributed by atoms with E-state index < -0.39 is 12.2 Å². The Labute approximate surface area is 110 Å². The highest BCUT2D eigenvalue weighted by molar-refractivity contribution is 6.35. The minimum atomic E-state index is -0.978. The van der Waals surface area contributed by atoms with Crippen LogP contribution in [0.25, 0.3) is 11.0 Å². The Morgan fingerprint density at radius 3 is 3.00 bits per heavy atom. The van der Waals surface area contributed by atoms with Crippen LogP contribution in [0.4, 0.5) is 0 Å². The Bertz CT molecular complexity index is 529. The topological polar surface area (TPSA) is 81.2 Å². The van der Waals surface area contributed by atoms with Gasteiger partial charge < -0.3 is 20.5 Å². The van der Waals surface area contributed by atoms with Crippen LogP contribution in [0, 0.1) is 0 Å². The zero-order chi connectivity index (χ0) is 13.1. The van der Waals surface area contributed by atoms with E-state index in [9.17, 15) is 10.2 Å². The molecule has 2 aromatic rings. The van der Waals surface area contributed by atoms with E-state index in [0.29, 0.717) is 34.6 Å². The molecule has 98 valence electrons. The second-order valence-corrected chi connectivity index (χ2v) is 4.57. The Morgan fingerprint density at radius 1 is 1.50 bits per heavy atom. The number of aliphatic hydroxyl groups excluding tert-OH is 2. The third-order valence-corrected chi connectivity index (χ3v) is 3.24. The average molecular weight is 270 g/mol. The second-order valence-electron chi connectivity index (χ2n) is 4.16. The van der Waals surface area contributed by atoms with Gasteiger partial charge in [-0.2, -0.15) is 0 Å². The highest BCUT2D eigenvalue weighted by atomic mass is 35.5. The molecule has 0 aromatic carbocycles. The van der Waals surface area contributed by atoms with E-state index in [1.165, 1.54) is 0 Å². The molecule has 5 nitrogen and oxygen atoms in total. The molecule has 0 aliphatic carbocycles. The molecule has 2 aromatic heterocycles. The molecule has 0 bridgehead atoms. The van der Waals surface area contributed by atoms with Gasteiger partial charge in [0.25, 0.3) is 0 Å². The van der Waals surface area contributed by atoms with E-state index in [-0.39, 0.29) is 0 Å². The van der Waals surface area contributed by atoms with Gasteiger partial charge in [-0.25, -0.2) is 4.98 Å². The number of nitrogens with zero attached hydrogens (tertiary/aromatic N) is 1. The molecule has 2 heterocycles. The summed E-state index contributed by atoms with van der Waals surface area (Å²) in [6.07, 6.45) is 1.87. The molecule has 4 N–H and O–H groups in total. The first-order valence-electron chi connectivity index (χ1n) is 5.77. The summed E-state index contributed by atoms with van der Waals surface area (Å²) < 4.78 is 0. The molecule has 6 heteroatoms. The summed E-state index contributed by atoms with van der Waals surface area (Å²) in [6.45, 7) is 0.632. The minimum Gasteiger partial charge on any atom is -0.390 e. The van der Waals surface area contributed by atoms with Crippen molar-refractivity contribution in [3.8, 4) is 0 Å². The Hall–Kier alpha value is -1.14. The highest BCUT2D eigenvalue weighted by Crippen LogP contribution is 2.31. The van der Waals surface area contributed by atoms with Gasteiger partial charge in [0.05, 0.1) is 11.1 Å². The Balaban J connectivity index is 2.30. The standard InChI is InChI=1S/C12H16ClN3O2/c1-14-4-3-9(17)11(18)7-6-16-12-10(7)8(13)2-5-15-12/h2,5-6,9,11,14,17-18H,3-4H2,1H3,(H,15,16). The van der Waals surface area contributed by atoms with Gasteiger partial charge in [-0.3, -0.25) is 0 Å². The fourth-order valence-corrected chi connectivity index (χ4v) is 2.19. The SMILES string of the molecule is CNCCC(O)C(O)c1c[nH]c2nccc(Cl)c12. The number of aromatic nitrogens is 2. The van der Waals surface area contributed by atoms with E-state index >= 15 is 0 Å². The number of hydrogen-bond acceptors (Lipinski definition) is 4. The van der Waals surface area contributed by atoms with Gasteiger partial charge in [0.2, 0.25) is 0 Å². The summed E-state index contributed by atoms with van der Waals surface area (Å²) in [6, 6.07) is 1.66. The monoisotopic (exact) mass is 269 g/mol. The summed E-state index contributed by atoms with van der Waals surface area (Å²) in [7, 11) is 1.80. The predicted octanol–water partition coefficient (Wildman–Crippen LogP) is 1.22. The summed E-state index contributed by atoms with van der Waals surface area (Å²) >= 11 is 6.09. The van der Waals surface area contributed by atoms with E-state index in [0.717, 1.165) is 0 Å². The number of nitrogens with one attached hydrogen (secondary N) is 2. The lowest BCUT2D eigenvalue weighted by molar-refractivity contribution is 0.0149. The first kappa shape index (κ1) is 13.3. The molecule has 0 radical (unpaired) electrons. The summed E-state index contributed by atoms with van der Waals surface area (Å²) in [5, 5.41) is 24.1. The third kappa shape index (κ3) is 2.49. The van der Waals surface area contributed by atoms with Crippen molar-refractivity contribution in [1.29, 1.82) is 0 Å². The zero-order valence-corrected chi connectivity index (χ0v) is 10.8. The van der Waals surface area contributed by atoms with Crippen LogP contribution in [-0.4, -0.2) is 39.9 Å². The number of H-pyrrole nitrogens is 1. The number of rotatable bonds is 5. The van der Waals surface area contributed by atoms with E-state index in [1.807, 2.05) is 0 Å². The lowest BCUT2D eigenvalue weighted by atomic mass is 10.0. The normalized spacial score (nSPS) is 14.9. The Morgan fingerprint density at radius 2 is 2.28 bits per heavy atom. The van der Waals surface area contributed by atoms with Gasteiger partial charge >= 0.3 is 0 Å². The van der Waals surface area contributed by atoms with Crippen molar-refractivity contribution in [2.45, 2.75) is 18.6 Å². The first-order chi connectivity index (χ1) is 8.65. The lowest BCUT2D eigenvalue weighted by Crippen LogP contribution is -2.23. The maximum absolute atomic E-state index is 10.1. The van der Waals surface area contributed by atoms with Crippen LogP contribution in [0.1, 0.15) is 18.1 Å². The van der Waals surface area contributed by atoms with Crippen LogP contribution in [-0.2, 0) is 0 Å². The fourth-order valence-electron chi connectivity index (χ4n) is 1.93. The van der Waals surface area contributed by atoms with Crippen molar-refractivity contribution in [2.24, 2.45) is 0 Å². The predicted molar refractivity (Wildman–Crippen MR) is 70.6 cm³/mol. The van der Waals surface area contributed by atoms with Crippen molar-refractivity contribution in [3.63, 3.8) is 0 Å². The number of aromatic amines is 1. The molecule has 2 unspecified atom stereocenters. The van der Waals surface area contributed by atoms with Crippen molar-refractivity contribution in [3.05, 3.63) is 29.0 Å². The minimum absolute atomic E-state index is 0.461. The van der Waals surface area contributed by atoms with Gasteiger partial charge in [0.15, 0.2) is 0 Å². The molecule has 0 spiro atoms. The summed E-state index contributed by atoms with van der Waals surface area (Å²) in [5.41, 5.74) is 1.18. The molecule has 0 fully saturated rings. The molecule has 18 heavy (non-hydrogen) atoms. The summed E-state index contributed by atoms with van der Waals surface area (Å²) in [5.74, 6) is 0. The number of fused-ring (bicyclic) bond motifs is 1. The van der Waals surface area contributed by atoms with Gasteiger partial charge in [0.1, 0.15) is 11.8 Å². The number of hydrogen-bond donors (Lipinski definition) is 4. The van der Waals surface area contributed by atoms with Crippen LogP contribution >= 0.6 is 11.6 Å². The highest BCUT2D eigenvalue weighted by Gasteiger charge is 2.22. The molecule has 0 aliphatic rings. The zero-order valence-electron chi connectivity index (χ0n) is 10.0. The van der Waals surface area contributed by atoms with Gasteiger partial charge in [-0.1, -0.05) is 11.6 Å². The van der Waals surface area contributed by atoms with E-state index in [2.05, 4.69) is 15.3 Å². The third-order valence-electron chi connectivity index (χ3n) is 2.93. The van der Waals surface area contributed by atoms with E-state index in [4.69, 9.17) is 11.6 Å². The van der Waals surface area contributed by atoms with Crippen LogP contribution in [0.15, 0.2) is 18.5 Å². The Kier molecular flexibility index (Phi) is 4.19. The van der Waals surface area contributed by atoms with Gasteiger partial charge in [-0.05, 0) is 26.1 Å². The lowest BCUT2D eigenvalue weighted by Gasteiger charge is -2.17. The van der Waals surface area contributed by atoms with Gasteiger partial charge in [0, 0.05) is 23.3 Å². The molecule has 2 atom stereocenters. The van der Waals surface area contributed by atoms with Crippen LogP contribution in [0.5, 0.6) is 0 Å². The van der Waals surface area contributed by atoms with Crippen LogP contribution in [0.2, 0.25) is 5.02 Å². The molecular formula is C12H16ClN3O2. The maximum atomic E-state index is 10.1. The quantitative estimate of drug-likeness (QED) is 0.658. The van der Waals surface area contributed by atoms with Crippen molar-refractivity contribution < 1.29 is 10.2 Å². The molecule has 2 rings (SSSR count). The van der Waals surface area contributed by atoms with Gasteiger partial charge in [-0.15, -0.1) is 0 Å². The first-order valence-corrected chi connectivity index (χ1v) is 6.15. The second kappa shape index (κ2) is 5.67. The smallest absolute Gasteiger partial charge is 0.139 e.